The van der Waals surface area contributed by atoms with Gasteiger partial charge in [-0.05, 0) is 47.2 Å². The fourth-order valence-corrected chi connectivity index (χ4v) is 3.86. The first-order valence-electron chi connectivity index (χ1n) is 7.27. The van der Waals surface area contributed by atoms with Crippen LogP contribution in [0.5, 0.6) is 11.5 Å². The van der Waals surface area contributed by atoms with Gasteiger partial charge >= 0.3 is 0 Å². The lowest BCUT2D eigenvalue weighted by atomic mass is 10.2. The average molecular weight is 405 g/mol. The molecule has 4 rings (SSSR count). The van der Waals surface area contributed by atoms with Crippen molar-refractivity contribution < 1.29 is 9.47 Å². The second-order valence-corrected chi connectivity index (χ2v) is 7.09. The predicted molar refractivity (Wildman–Crippen MR) is 93.7 cm³/mol. The van der Waals surface area contributed by atoms with Crippen molar-refractivity contribution in [3.8, 4) is 17.2 Å². The van der Waals surface area contributed by atoms with Crippen LogP contribution in [0.2, 0.25) is 0 Å². The molecule has 0 N–H and O–H groups in total. The van der Waals surface area contributed by atoms with Gasteiger partial charge in [-0.25, -0.2) is 0 Å². The van der Waals surface area contributed by atoms with Crippen molar-refractivity contribution in [3.63, 3.8) is 0 Å². The minimum atomic E-state index is 0.268. The normalized spacial score (nSPS) is 12.6. The number of hydrogen-bond donors (Lipinski definition) is 0. The first kappa shape index (κ1) is 15.5. The van der Waals surface area contributed by atoms with E-state index in [-0.39, 0.29) is 6.79 Å². The molecule has 0 radical (unpaired) electrons. The second-order valence-electron chi connectivity index (χ2n) is 5.29. The van der Waals surface area contributed by atoms with Gasteiger partial charge in [0, 0.05) is 10.2 Å². The quantitative estimate of drug-likeness (QED) is 0.616. The minimum Gasteiger partial charge on any atom is -0.454 e. The highest BCUT2D eigenvalue weighted by molar-refractivity contribution is 9.10. The van der Waals surface area contributed by atoms with Gasteiger partial charge in [0.05, 0.1) is 5.69 Å². The van der Waals surface area contributed by atoms with E-state index in [1.807, 2.05) is 36.4 Å². The molecule has 0 saturated heterocycles. The monoisotopic (exact) mass is 404 g/mol. The summed E-state index contributed by atoms with van der Waals surface area (Å²) in [6.45, 7) is 2.32. The molecule has 0 atom stereocenters. The third-order valence-electron chi connectivity index (χ3n) is 3.62. The third-order valence-corrected chi connectivity index (χ3v) is 5.32. The third kappa shape index (κ3) is 2.99. The molecule has 0 amide bonds. The zero-order valence-corrected chi connectivity index (χ0v) is 15.2. The lowest BCUT2D eigenvalue weighted by molar-refractivity contribution is 0.174. The maximum Gasteiger partial charge on any atom is 0.231 e. The van der Waals surface area contributed by atoms with Crippen LogP contribution in [0.3, 0.4) is 0 Å². The molecule has 2 aromatic carbocycles. The van der Waals surface area contributed by atoms with Gasteiger partial charge < -0.3 is 9.47 Å². The zero-order chi connectivity index (χ0) is 16.5. The number of ether oxygens (including phenoxy) is 2. The number of aromatic nitrogens is 4. The molecular formula is C16H13BrN4O2S. The van der Waals surface area contributed by atoms with E-state index in [1.165, 1.54) is 5.56 Å². The standard InChI is InChI=1S/C16H13BrN4O2S/c1-10-2-4-12(5-3-10)21-16(18-19-20-21)24-8-11-6-14-15(7-13(11)17)23-9-22-14/h2-7H,8-9H2,1H3. The zero-order valence-electron chi connectivity index (χ0n) is 12.8. The Kier molecular flexibility index (Phi) is 4.15. The molecule has 0 fully saturated rings. The molecule has 1 aromatic heterocycles. The molecule has 2 heterocycles. The van der Waals surface area contributed by atoms with E-state index < -0.39 is 0 Å². The first-order chi connectivity index (χ1) is 11.7. The molecule has 8 heteroatoms. The summed E-state index contributed by atoms with van der Waals surface area (Å²) in [5.74, 6) is 2.25. The minimum absolute atomic E-state index is 0.268. The molecule has 0 saturated carbocycles. The van der Waals surface area contributed by atoms with Gasteiger partial charge in [-0.1, -0.05) is 45.4 Å². The number of tetrazole rings is 1. The Bertz CT molecular complexity index is 882. The molecule has 0 bridgehead atoms. The van der Waals surface area contributed by atoms with Crippen LogP contribution in [0.15, 0.2) is 46.0 Å². The van der Waals surface area contributed by atoms with Gasteiger partial charge in [0.1, 0.15) is 0 Å². The number of rotatable bonds is 4. The van der Waals surface area contributed by atoms with Gasteiger partial charge in [0.25, 0.3) is 0 Å². The van der Waals surface area contributed by atoms with Crippen molar-refractivity contribution in [1.29, 1.82) is 0 Å². The second kappa shape index (κ2) is 6.45. The van der Waals surface area contributed by atoms with Crippen LogP contribution in [0.4, 0.5) is 0 Å². The summed E-state index contributed by atoms with van der Waals surface area (Å²) < 4.78 is 13.5. The summed E-state index contributed by atoms with van der Waals surface area (Å²) in [7, 11) is 0. The predicted octanol–water partition coefficient (Wildman–Crippen LogP) is 3.75. The fourth-order valence-electron chi connectivity index (χ4n) is 2.33. The van der Waals surface area contributed by atoms with E-state index in [4.69, 9.17) is 9.47 Å². The van der Waals surface area contributed by atoms with Crippen LogP contribution >= 0.6 is 27.7 Å². The highest BCUT2D eigenvalue weighted by atomic mass is 79.9. The summed E-state index contributed by atoms with van der Waals surface area (Å²) in [4.78, 5) is 0. The Morgan fingerprint density at radius 3 is 2.71 bits per heavy atom. The highest BCUT2D eigenvalue weighted by Gasteiger charge is 2.17. The fraction of sp³-hybridized carbons (Fsp3) is 0.188. The van der Waals surface area contributed by atoms with E-state index in [1.54, 1.807) is 16.4 Å². The SMILES string of the molecule is Cc1ccc(-n2nnnc2SCc2cc3c(cc2Br)OCO3)cc1. The lowest BCUT2D eigenvalue weighted by Crippen LogP contribution is -1.99. The number of fused-ring (bicyclic) bond motifs is 1. The average Bonchev–Trinajstić information content (AvgIpc) is 3.22. The highest BCUT2D eigenvalue weighted by Crippen LogP contribution is 2.38. The molecule has 0 aliphatic carbocycles. The largest absolute Gasteiger partial charge is 0.454 e. The van der Waals surface area contributed by atoms with Gasteiger partial charge in [0.15, 0.2) is 11.5 Å². The molecule has 6 nitrogen and oxygen atoms in total. The van der Waals surface area contributed by atoms with Crippen LogP contribution in [0, 0.1) is 6.92 Å². The van der Waals surface area contributed by atoms with E-state index in [2.05, 4.69) is 38.4 Å². The van der Waals surface area contributed by atoms with Gasteiger partial charge in [-0.2, -0.15) is 4.68 Å². The van der Waals surface area contributed by atoms with Crippen LogP contribution in [-0.4, -0.2) is 27.0 Å². The Morgan fingerprint density at radius 2 is 1.92 bits per heavy atom. The van der Waals surface area contributed by atoms with Crippen LogP contribution in [-0.2, 0) is 5.75 Å². The van der Waals surface area contributed by atoms with Gasteiger partial charge in [0.2, 0.25) is 11.9 Å². The number of aryl methyl sites for hydroxylation is 1. The number of halogens is 1. The summed E-state index contributed by atoms with van der Waals surface area (Å²) >= 11 is 5.14. The number of hydrogen-bond acceptors (Lipinski definition) is 6. The molecule has 3 aromatic rings. The Hall–Kier alpha value is -2.06. The Balaban J connectivity index is 1.55. The number of benzene rings is 2. The van der Waals surface area contributed by atoms with E-state index in [9.17, 15) is 0 Å². The van der Waals surface area contributed by atoms with E-state index in [0.717, 1.165) is 32.4 Å². The molecular weight excluding hydrogens is 392 g/mol. The van der Waals surface area contributed by atoms with Gasteiger partial charge in [-0.3, -0.25) is 0 Å². The topological polar surface area (TPSA) is 62.1 Å². The molecule has 1 aliphatic rings. The molecule has 122 valence electrons. The van der Waals surface area contributed by atoms with Crippen molar-refractivity contribution in [2.75, 3.05) is 6.79 Å². The maximum absolute atomic E-state index is 5.44. The Morgan fingerprint density at radius 1 is 1.17 bits per heavy atom. The summed E-state index contributed by atoms with van der Waals surface area (Å²) in [6, 6.07) is 12.0. The molecule has 1 aliphatic heterocycles. The molecule has 0 spiro atoms. The Labute approximate surface area is 151 Å². The summed E-state index contributed by atoms with van der Waals surface area (Å²) in [5.41, 5.74) is 3.24. The van der Waals surface area contributed by atoms with Crippen molar-refractivity contribution in [3.05, 3.63) is 52.0 Å². The van der Waals surface area contributed by atoms with Crippen molar-refractivity contribution >= 4 is 27.7 Å². The van der Waals surface area contributed by atoms with Crippen LogP contribution in [0.1, 0.15) is 11.1 Å². The van der Waals surface area contributed by atoms with Crippen molar-refractivity contribution in [2.45, 2.75) is 17.8 Å². The van der Waals surface area contributed by atoms with Gasteiger partial charge in [-0.15, -0.1) is 5.10 Å². The first-order valence-corrected chi connectivity index (χ1v) is 9.05. The van der Waals surface area contributed by atoms with Crippen LogP contribution in [0.25, 0.3) is 5.69 Å². The summed E-state index contributed by atoms with van der Waals surface area (Å²) in [5, 5.41) is 12.8. The van der Waals surface area contributed by atoms with Crippen molar-refractivity contribution in [1.82, 2.24) is 20.2 Å². The number of thioether (sulfide) groups is 1. The summed E-state index contributed by atoms with van der Waals surface area (Å²) in [6.07, 6.45) is 0. The van der Waals surface area contributed by atoms with E-state index in [0.29, 0.717) is 5.75 Å². The van der Waals surface area contributed by atoms with E-state index >= 15 is 0 Å². The molecule has 0 unspecified atom stereocenters. The lowest BCUT2D eigenvalue weighted by Gasteiger charge is -2.07. The number of nitrogens with zero attached hydrogens (tertiary/aromatic N) is 4. The van der Waals surface area contributed by atoms with Crippen molar-refractivity contribution in [2.24, 2.45) is 0 Å². The van der Waals surface area contributed by atoms with Crippen LogP contribution < -0.4 is 9.47 Å². The smallest absolute Gasteiger partial charge is 0.231 e. The molecule has 24 heavy (non-hydrogen) atoms. The maximum atomic E-state index is 5.44.